The van der Waals surface area contributed by atoms with E-state index in [1.54, 1.807) is 26.0 Å². The van der Waals surface area contributed by atoms with E-state index in [1.807, 2.05) is 5.43 Å². The molecule has 23 heavy (non-hydrogen) atoms. The van der Waals surface area contributed by atoms with Crippen LogP contribution < -0.4 is 16.2 Å². The molecule has 0 unspecified atom stereocenters. The largest absolute Gasteiger partial charge is 0.478 e. The van der Waals surface area contributed by atoms with E-state index in [2.05, 4.69) is 10.7 Å². The highest BCUT2D eigenvalue weighted by Crippen LogP contribution is 2.10. The van der Waals surface area contributed by atoms with Crippen LogP contribution in [0, 0.1) is 5.92 Å². The number of benzene rings is 1. The van der Waals surface area contributed by atoms with E-state index < -0.39 is 17.8 Å². The van der Waals surface area contributed by atoms with E-state index in [0.717, 1.165) is 6.08 Å². The Bertz CT molecular complexity index is 635. The normalized spacial score (nSPS) is 10.4. The zero-order valence-corrected chi connectivity index (χ0v) is 12.6. The van der Waals surface area contributed by atoms with Crippen molar-refractivity contribution >= 4 is 29.4 Å². The maximum Gasteiger partial charge on any atom is 0.328 e. The van der Waals surface area contributed by atoms with E-state index in [9.17, 15) is 19.2 Å². The number of hydrogen-bond acceptors (Lipinski definition) is 4. The Morgan fingerprint density at radius 2 is 1.61 bits per heavy atom. The SMILES string of the molecule is CC(C)C(=O)Nc1ccc(C(=O)NNC(=O)/C=C\C(=O)O)cc1. The number of amides is 3. The molecule has 0 aliphatic heterocycles. The van der Waals surface area contributed by atoms with Crippen molar-refractivity contribution in [1.29, 1.82) is 0 Å². The molecule has 3 amide bonds. The van der Waals surface area contributed by atoms with E-state index in [-0.39, 0.29) is 17.4 Å². The van der Waals surface area contributed by atoms with Crippen molar-refractivity contribution in [1.82, 2.24) is 10.9 Å². The van der Waals surface area contributed by atoms with Gasteiger partial charge in [0.1, 0.15) is 0 Å². The van der Waals surface area contributed by atoms with Crippen LogP contribution in [0.4, 0.5) is 5.69 Å². The molecule has 0 aliphatic rings. The Morgan fingerprint density at radius 3 is 2.13 bits per heavy atom. The van der Waals surface area contributed by atoms with Crippen LogP contribution in [0.25, 0.3) is 0 Å². The molecular formula is C15H17N3O5. The molecule has 0 radical (unpaired) electrons. The predicted molar refractivity (Wildman–Crippen MR) is 82.3 cm³/mol. The zero-order valence-electron chi connectivity index (χ0n) is 12.6. The van der Waals surface area contributed by atoms with Crippen LogP contribution in [0.5, 0.6) is 0 Å². The predicted octanol–water partition coefficient (Wildman–Crippen LogP) is 0.683. The molecule has 0 heterocycles. The Kier molecular flexibility index (Phi) is 6.47. The third-order valence-corrected chi connectivity index (χ3v) is 2.62. The first-order chi connectivity index (χ1) is 10.8. The summed E-state index contributed by atoms with van der Waals surface area (Å²) in [5.41, 5.74) is 4.98. The zero-order chi connectivity index (χ0) is 17.4. The van der Waals surface area contributed by atoms with E-state index in [4.69, 9.17) is 5.11 Å². The lowest BCUT2D eigenvalue weighted by Crippen LogP contribution is -2.40. The minimum atomic E-state index is -1.27. The molecule has 0 spiro atoms. The molecule has 1 aromatic rings. The van der Waals surface area contributed by atoms with E-state index in [0.29, 0.717) is 11.8 Å². The third kappa shape index (κ3) is 6.42. The van der Waals surface area contributed by atoms with Gasteiger partial charge < -0.3 is 10.4 Å². The number of aliphatic carboxylic acids is 1. The van der Waals surface area contributed by atoms with Crippen LogP contribution in [0.3, 0.4) is 0 Å². The van der Waals surface area contributed by atoms with Gasteiger partial charge in [-0.3, -0.25) is 25.2 Å². The van der Waals surface area contributed by atoms with Gasteiger partial charge in [-0.2, -0.15) is 0 Å². The molecule has 4 N–H and O–H groups in total. The summed E-state index contributed by atoms with van der Waals surface area (Å²) >= 11 is 0. The number of anilines is 1. The second kappa shape index (κ2) is 8.32. The van der Waals surface area contributed by atoms with Gasteiger partial charge in [0.25, 0.3) is 11.8 Å². The Balaban J connectivity index is 2.56. The maximum atomic E-state index is 11.8. The molecular weight excluding hydrogens is 302 g/mol. The summed E-state index contributed by atoms with van der Waals surface area (Å²) in [7, 11) is 0. The summed E-state index contributed by atoms with van der Waals surface area (Å²) in [5.74, 6) is -2.93. The van der Waals surface area contributed by atoms with Gasteiger partial charge in [0.05, 0.1) is 0 Å². The number of hydrogen-bond donors (Lipinski definition) is 4. The summed E-state index contributed by atoms with van der Waals surface area (Å²) in [4.78, 5) is 44.7. The fourth-order valence-corrected chi connectivity index (χ4v) is 1.37. The Hall–Kier alpha value is -3.16. The van der Waals surface area contributed by atoms with E-state index in [1.165, 1.54) is 12.1 Å². The summed E-state index contributed by atoms with van der Waals surface area (Å²) in [5, 5.41) is 11.0. The number of carboxylic acids is 1. The van der Waals surface area contributed by atoms with Crippen molar-refractivity contribution in [2.24, 2.45) is 5.92 Å². The molecule has 0 atom stereocenters. The second-order valence-electron chi connectivity index (χ2n) is 4.84. The summed E-state index contributed by atoms with van der Waals surface area (Å²) in [6.45, 7) is 3.53. The van der Waals surface area contributed by atoms with Crippen LogP contribution in [0.1, 0.15) is 24.2 Å². The lowest BCUT2D eigenvalue weighted by molar-refractivity contribution is -0.131. The van der Waals surface area contributed by atoms with Crippen LogP contribution in [-0.4, -0.2) is 28.8 Å². The number of rotatable bonds is 5. The Labute approximate surface area is 132 Å². The molecule has 0 aliphatic carbocycles. The minimum Gasteiger partial charge on any atom is -0.478 e. The van der Waals surface area contributed by atoms with Gasteiger partial charge in [-0.15, -0.1) is 0 Å². The minimum absolute atomic E-state index is 0.139. The smallest absolute Gasteiger partial charge is 0.328 e. The van der Waals surface area contributed by atoms with Crippen molar-refractivity contribution in [2.75, 3.05) is 5.32 Å². The molecule has 0 bridgehead atoms. The van der Waals surface area contributed by atoms with Crippen LogP contribution in [-0.2, 0) is 14.4 Å². The molecule has 0 fully saturated rings. The third-order valence-electron chi connectivity index (χ3n) is 2.62. The number of hydrazine groups is 1. The first-order valence-electron chi connectivity index (χ1n) is 6.72. The summed E-state index contributed by atoms with van der Waals surface area (Å²) < 4.78 is 0. The van der Waals surface area contributed by atoms with Gasteiger partial charge in [-0.05, 0) is 24.3 Å². The second-order valence-corrected chi connectivity index (χ2v) is 4.84. The van der Waals surface area contributed by atoms with Gasteiger partial charge in [0, 0.05) is 29.3 Å². The average molecular weight is 319 g/mol. The first kappa shape index (κ1) is 17.9. The van der Waals surface area contributed by atoms with Crippen LogP contribution in [0.2, 0.25) is 0 Å². The van der Waals surface area contributed by atoms with Crippen LogP contribution in [0.15, 0.2) is 36.4 Å². The molecule has 8 nitrogen and oxygen atoms in total. The van der Waals surface area contributed by atoms with Crippen molar-refractivity contribution in [3.05, 3.63) is 42.0 Å². The Morgan fingerprint density at radius 1 is 1.00 bits per heavy atom. The monoisotopic (exact) mass is 319 g/mol. The highest BCUT2D eigenvalue weighted by Gasteiger charge is 2.09. The molecule has 0 aromatic heterocycles. The number of nitrogens with one attached hydrogen (secondary N) is 3. The van der Waals surface area contributed by atoms with Crippen molar-refractivity contribution in [3.63, 3.8) is 0 Å². The highest BCUT2D eigenvalue weighted by atomic mass is 16.4. The van der Waals surface area contributed by atoms with Crippen molar-refractivity contribution in [3.8, 4) is 0 Å². The molecule has 8 heteroatoms. The van der Waals surface area contributed by atoms with Gasteiger partial charge in [0.2, 0.25) is 5.91 Å². The lowest BCUT2D eigenvalue weighted by Gasteiger charge is -2.09. The fourth-order valence-electron chi connectivity index (χ4n) is 1.37. The van der Waals surface area contributed by atoms with Gasteiger partial charge in [0.15, 0.2) is 0 Å². The summed E-state index contributed by atoms with van der Waals surface area (Å²) in [6, 6.07) is 6.07. The molecule has 1 aromatic carbocycles. The molecule has 1 rings (SSSR count). The fraction of sp³-hybridized carbons (Fsp3) is 0.200. The van der Waals surface area contributed by atoms with E-state index >= 15 is 0 Å². The molecule has 0 saturated heterocycles. The maximum absolute atomic E-state index is 11.8. The standard InChI is InChI=1S/C15H17N3O5/c1-9(2)14(22)16-11-5-3-10(4-6-11)15(23)18-17-12(19)7-8-13(20)21/h3-9H,1-2H3,(H,16,22)(H,17,19)(H,18,23)(H,20,21)/b8-7-. The number of carbonyl (C=O) groups is 4. The topological polar surface area (TPSA) is 125 Å². The number of carboxylic acid groups (broad SMARTS) is 1. The lowest BCUT2D eigenvalue weighted by atomic mass is 10.1. The highest BCUT2D eigenvalue weighted by molar-refractivity contribution is 5.99. The first-order valence-corrected chi connectivity index (χ1v) is 6.72. The summed E-state index contributed by atoms with van der Waals surface area (Å²) in [6.07, 6.45) is 1.42. The quantitative estimate of drug-likeness (QED) is 0.469. The van der Waals surface area contributed by atoms with Crippen molar-refractivity contribution in [2.45, 2.75) is 13.8 Å². The molecule has 122 valence electrons. The van der Waals surface area contributed by atoms with Gasteiger partial charge in [-0.25, -0.2) is 4.79 Å². The average Bonchev–Trinajstić information content (AvgIpc) is 2.51. The van der Waals surface area contributed by atoms with Crippen molar-refractivity contribution < 1.29 is 24.3 Å². The molecule has 0 saturated carbocycles. The number of carbonyl (C=O) groups excluding carboxylic acids is 3. The van der Waals surface area contributed by atoms with Gasteiger partial charge in [-0.1, -0.05) is 13.8 Å². The van der Waals surface area contributed by atoms with Crippen LogP contribution >= 0.6 is 0 Å². The van der Waals surface area contributed by atoms with Gasteiger partial charge >= 0.3 is 5.97 Å².